The SMILES string of the molecule is N#Cc1ccc(CNC(=O)NC2CCCCC2CO)cc1. The highest BCUT2D eigenvalue weighted by Gasteiger charge is 2.25. The van der Waals surface area contributed by atoms with E-state index in [9.17, 15) is 9.90 Å². The van der Waals surface area contributed by atoms with Gasteiger partial charge in [0.15, 0.2) is 0 Å². The third-order valence-corrected chi connectivity index (χ3v) is 4.00. The Bertz CT molecular complexity index is 507. The quantitative estimate of drug-likeness (QED) is 0.790. The van der Waals surface area contributed by atoms with Crippen LogP contribution in [0.1, 0.15) is 36.8 Å². The fraction of sp³-hybridized carbons (Fsp3) is 0.500. The van der Waals surface area contributed by atoms with Crippen molar-refractivity contribution < 1.29 is 9.90 Å². The van der Waals surface area contributed by atoms with Crippen LogP contribution in [-0.4, -0.2) is 23.8 Å². The molecule has 1 fully saturated rings. The molecule has 0 aliphatic heterocycles. The van der Waals surface area contributed by atoms with Crippen LogP contribution >= 0.6 is 0 Å². The molecule has 0 spiro atoms. The van der Waals surface area contributed by atoms with Gasteiger partial charge in [-0.15, -0.1) is 0 Å². The molecular formula is C16H21N3O2. The van der Waals surface area contributed by atoms with E-state index in [1.54, 1.807) is 12.1 Å². The number of hydrogen-bond donors (Lipinski definition) is 3. The van der Waals surface area contributed by atoms with Gasteiger partial charge < -0.3 is 15.7 Å². The first kappa shape index (κ1) is 15.3. The summed E-state index contributed by atoms with van der Waals surface area (Å²) in [6, 6.07) is 9.04. The number of nitrogens with one attached hydrogen (secondary N) is 2. The molecule has 112 valence electrons. The number of aliphatic hydroxyl groups excluding tert-OH is 1. The molecule has 0 saturated heterocycles. The van der Waals surface area contributed by atoms with Crippen LogP contribution in [-0.2, 0) is 6.54 Å². The van der Waals surface area contributed by atoms with E-state index in [0.29, 0.717) is 12.1 Å². The summed E-state index contributed by atoms with van der Waals surface area (Å²) in [6.45, 7) is 0.550. The lowest BCUT2D eigenvalue weighted by molar-refractivity contribution is 0.153. The van der Waals surface area contributed by atoms with Gasteiger partial charge in [-0.3, -0.25) is 0 Å². The molecule has 21 heavy (non-hydrogen) atoms. The van der Waals surface area contributed by atoms with Gasteiger partial charge in [0.2, 0.25) is 0 Å². The number of nitriles is 1. The van der Waals surface area contributed by atoms with Gasteiger partial charge in [0, 0.05) is 25.1 Å². The van der Waals surface area contributed by atoms with Gasteiger partial charge in [0.05, 0.1) is 11.6 Å². The largest absolute Gasteiger partial charge is 0.396 e. The zero-order valence-corrected chi connectivity index (χ0v) is 12.0. The average molecular weight is 287 g/mol. The summed E-state index contributed by atoms with van der Waals surface area (Å²) in [5.74, 6) is 0.166. The minimum absolute atomic E-state index is 0.0599. The zero-order valence-electron chi connectivity index (χ0n) is 12.0. The Balaban J connectivity index is 1.79. The second-order valence-electron chi connectivity index (χ2n) is 5.47. The lowest BCUT2D eigenvalue weighted by atomic mass is 9.85. The fourth-order valence-electron chi connectivity index (χ4n) is 2.72. The van der Waals surface area contributed by atoms with Crippen molar-refractivity contribution in [2.24, 2.45) is 5.92 Å². The van der Waals surface area contributed by atoms with E-state index in [4.69, 9.17) is 5.26 Å². The molecule has 0 aromatic heterocycles. The molecule has 1 aromatic rings. The molecule has 2 amide bonds. The first-order valence-corrected chi connectivity index (χ1v) is 7.37. The topological polar surface area (TPSA) is 85.2 Å². The summed E-state index contributed by atoms with van der Waals surface area (Å²) in [6.07, 6.45) is 4.11. The van der Waals surface area contributed by atoms with Crippen LogP contribution in [0.5, 0.6) is 0 Å². The number of carbonyl (C=O) groups is 1. The van der Waals surface area contributed by atoms with Crippen LogP contribution in [0.15, 0.2) is 24.3 Å². The van der Waals surface area contributed by atoms with Crippen LogP contribution in [0.3, 0.4) is 0 Å². The smallest absolute Gasteiger partial charge is 0.315 e. The van der Waals surface area contributed by atoms with Crippen molar-refractivity contribution in [3.8, 4) is 6.07 Å². The molecule has 5 nitrogen and oxygen atoms in total. The Morgan fingerprint density at radius 3 is 2.67 bits per heavy atom. The molecule has 0 radical (unpaired) electrons. The monoisotopic (exact) mass is 287 g/mol. The van der Waals surface area contributed by atoms with Gasteiger partial charge >= 0.3 is 6.03 Å². The molecule has 2 rings (SSSR count). The summed E-state index contributed by atoms with van der Waals surface area (Å²) in [5, 5.41) is 23.8. The van der Waals surface area contributed by atoms with Crippen LogP contribution in [0.4, 0.5) is 4.79 Å². The van der Waals surface area contributed by atoms with Crippen molar-refractivity contribution in [3.63, 3.8) is 0 Å². The van der Waals surface area contributed by atoms with E-state index in [0.717, 1.165) is 31.2 Å². The number of amides is 2. The summed E-state index contributed by atoms with van der Waals surface area (Å²) >= 11 is 0. The molecule has 1 aliphatic carbocycles. The van der Waals surface area contributed by atoms with E-state index in [2.05, 4.69) is 16.7 Å². The number of urea groups is 1. The van der Waals surface area contributed by atoms with Crippen molar-refractivity contribution in [1.82, 2.24) is 10.6 Å². The second-order valence-corrected chi connectivity index (χ2v) is 5.47. The highest BCUT2D eigenvalue weighted by molar-refractivity contribution is 5.74. The Morgan fingerprint density at radius 1 is 1.29 bits per heavy atom. The summed E-state index contributed by atoms with van der Waals surface area (Å²) in [5.41, 5.74) is 1.56. The molecular weight excluding hydrogens is 266 g/mol. The zero-order chi connectivity index (χ0) is 15.1. The molecule has 1 aromatic carbocycles. The third kappa shape index (κ3) is 4.47. The summed E-state index contributed by atoms with van der Waals surface area (Å²) < 4.78 is 0. The van der Waals surface area contributed by atoms with E-state index < -0.39 is 0 Å². The predicted octanol–water partition coefficient (Wildman–Crippen LogP) is 1.91. The van der Waals surface area contributed by atoms with Gasteiger partial charge in [0.1, 0.15) is 0 Å². The second kappa shape index (κ2) is 7.65. The first-order chi connectivity index (χ1) is 10.2. The molecule has 3 N–H and O–H groups in total. The Morgan fingerprint density at radius 2 is 2.00 bits per heavy atom. The van der Waals surface area contributed by atoms with Crippen LogP contribution in [0.25, 0.3) is 0 Å². The van der Waals surface area contributed by atoms with Crippen molar-refractivity contribution in [1.29, 1.82) is 5.26 Å². The highest BCUT2D eigenvalue weighted by atomic mass is 16.3. The van der Waals surface area contributed by atoms with Crippen molar-refractivity contribution in [2.75, 3.05) is 6.61 Å². The Kier molecular flexibility index (Phi) is 5.59. The van der Waals surface area contributed by atoms with Crippen molar-refractivity contribution in [3.05, 3.63) is 35.4 Å². The van der Waals surface area contributed by atoms with E-state index >= 15 is 0 Å². The van der Waals surface area contributed by atoms with Gasteiger partial charge in [-0.2, -0.15) is 5.26 Å². The molecule has 0 bridgehead atoms. The van der Waals surface area contributed by atoms with Crippen LogP contribution in [0.2, 0.25) is 0 Å². The van der Waals surface area contributed by atoms with E-state index in [-0.39, 0.29) is 24.6 Å². The number of benzene rings is 1. The molecule has 0 heterocycles. The van der Waals surface area contributed by atoms with Gasteiger partial charge in [-0.05, 0) is 30.5 Å². The Hall–Kier alpha value is -2.06. The number of nitrogens with zero attached hydrogens (tertiary/aromatic N) is 1. The molecule has 5 heteroatoms. The summed E-state index contributed by atoms with van der Waals surface area (Å²) in [4.78, 5) is 11.9. The molecule has 1 saturated carbocycles. The maximum Gasteiger partial charge on any atom is 0.315 e. The summed E-state index contributed by atoms with van der Waals surface area (Å²) in [7, 11) is 0. The van der Waals surface area contributed by atoms with Crippen LogP contribution in [0, 0.1) is 17.2 Å². The third-order valence-electron chi connectivity index (χ3n) is 4.00. The molecule has 1 aliphatic rings. The van der Waals surface area contributed by atoms with E-state index in [1.807, 2.05) is 12.1 Å². The van der Waals surface area contributed by atoms with Crippen molar-refractivity contribution >= 4 is 6.03 Å². The fourth-order valence-corrected chi connectivity index (χ4v) is 2.72. The molecule has 2 unspecified atom stereocenters. The van der Waals surface area contributed by atoms with E-state index in [1.165, 1.54) is 0 Å². The standard InChI is InChI=1S/C16H21N3O2/c17-9-12-5-7-13(8-6-12)10-18-16(21)19-15-4-2-1-3-14(15)11-20/h5-8,14-15,20H,1-4,10-11H2,(H2,18,19,21). The normalized spacial score (nSPS) is 21.3. The first-order valence-electron chi connectivity index (χ1n) is 7.37. The van der Waals surface area contributed by atoms with Gasteiger partial charge in [-0.1, -0.05) is 25.0 Å². The predicted molar refractivity (Wildman–Crippen MR) is 79.4 cm³/mol. The number of carbonyl (C=O) groups excluding carboxylic acids is 1. The van der Waals surface area contributed by atoms with Crippen LogP contribution < -0.4 is 10.6 Å². The number of rotatable bonds is 4. The highest BCUT2D eigenvalue weighted by Crippen LogP contribution is 2.23. The minimum atomic E-state index is -0.204. The number of aliphatic hydroxyl groups is 1. The van der Waals surface area contributed by atoms with Crippen molar-refractivity contribution in [2.45, 2.75) is 38.3 Å². The minimum Gasteiger partial charge on any atom is -0.396 e. The molecule has 2 atom stereocenters. The number of hydrogen-bond acceptors (Lipinski definition) is 3. The lowest BCUT2D eigenvalue weighted by Gasteiger charge is -2.30. The average Bonchev–Trinajstić information content (AvgIpc) is 2.54. The maximum atomic E-state index is 11.9. The Labute approximate surface area is 125 Å². The lowest BCUT2D eigenvalue weighted by Crippen LogP contribution is -2.47. The maximum absolute atomic E-state index is 11.9. The van der Waals surface area contributed by atoms with Gasteiger partial charge in [0.25, 0.3) is 0 Å². The van der Waals surface area contributed by atoms with Gasteiger partial charge in [-0.25, -0.2) is 4.79 Å².